The average molecular weight is 437 g/mol. The second-order valence-electron chi connectivity index (χ2n) is 7.06. The normalized spacial score (nSPS) is 14.5. The molecule has 3 heterocycles. The molecule has 0 unspecified atom stereocenters. The number of furan rings is 1. The van der Waals surface area contributed by atoms with Crippen LogP contribution in [0.4, 0.5) is 0 Å². The minimum absolute atomic E-state index is 0.0347. The summed E-state index contributed by atoms with van der Waals surface area (Å²) in [6.07, 6.45) is 3.42. The van der Waals surface area contributed by atoms with Crippen LogP contribution in [0.2, 0.25) is 0 Å². The second-order valence-corrected chi connectivity index (χ2v) is 7.42. The Kier molecular flexibility index (Phi) is 5.20. The number of hydrogen-bond acceptors (Lipinski definition) is 6. The molecule has 0 aliphatic carbocycles. The molecule has 0 spiro atoms. The van der Waals surface area contributed by atoms with Gasteiger partial charge in [-0.15, -0.1) is 0 Å². The van der Waals surface area contributed by atoms with Gasteiger partial charge in [0.25, 0.3) is 11.8 Å². The minimum Gasteiger partial charge on any atom is -0.463 e. The molecule has 2 aromatic heterocycles. The summed E-state index contributed by atoms with van der Waals surface area (Å²) in [5, 5.41) is 1.03. The van der Waals surface area contributed by atoms with Gasteiger partial charge in [0, 0.05) is 36.8 Å². The Balaban J connectivity index is 1.75. The monoisotopic (exact) mass is 437 g/mol. The van der Waals surface area contributed by atoms with E-state index in [-0.39, 0.29) is 16.4 Å². The van der Waals surface area contributed by atoms with Crippen molar-refractivity contribution in [2.45, 2.75) is 6.54 Å². The summed E-state index contributed by atoms with van der Waals surface area (Å²) in [7, 11) is 4.38. The summed E-state index contributed by atoms with van der Waals surface area (Å²) in [5.74, 6) is -0.751. The molecule has 31 heavy (non-hydrogen) atoms. The highest BCUT2D eigenvalue weighted by Gasteiger charge is 2.35. The van der Waals surface area contributed by atoms with Crippen molar-refractivity contribution in [1.29, 1.82) is 0 Å². The molecule has 1 fully saturated rings. The van der Waals surface area contributed by atoms with E-state index in [0.717, 1.165) is 10.9 Å². The standard InChI is InChI=1S/C22H19N3O5S/c1-23-19(26)16(20(27)24(2)22(23)31)10-13-11-25(17-7-5-4-6-15(13)17)12-14-8-9-18(30-14)21(28)29-3/h4-11H,12H2,1-3H3. The van der Waals surface area contributed by atoms with Gasteiger partial charge in [0.1, 0.15) is 11.3 Å². The fraction of sp³-hybridized carbons (Fsp3) is 0.182. The Morgan fingerprint density at radius 3 is 2.45 bits per heavy atom. The first-order valence-corrected chi connectivity index (χ1v) is 9.79. The van der Waals surface area contributed by atoms with Gasteiger partial charge >= 0.3 is 5.97 Å². The number of carbonyl (C=O) groups excluding carboxylic acids is 3. The van der Waals surface area contributed by atoms with Gasteiger partial charge in [-0.25, -0.2) is 4.79 Å². The molecule has 3 aromatic rings. The highest BCUT2D eigenvalue weighted by molar-refractivity contribution is 7.80. The maximum atomic E-state index is 12.7. The van der Waals surface area contributed by atoms with Crippen LogP contribution in [0.3, 0.4) is 0 Å². The van der Waals surface area contributed by atoms with E-state index in [1.807, 2.05) is 35.0 Å². The van der Waals surface area contributed by atoms with Crippen molar-refractivity contribution in [1.82, 2.24) is 14.4 Å². The number of aromatic nitrogens is 1. The fourth-order valence-electron chi connectivity index (χ4n) is 3.49. The molecule has 0 radical (unpaired) electrons. The van der Waals surface area contributed by atoms with Gasteiger partial charge in [-0.1, -0.05) is 18.2 Å². The van der Waals surface area contributed by atoms with Gasteiger partial charge < -0.3 is 13.7 Å². The second kappa shape index (κ2) is 7.84. The number of thiocarbonyl (C=S) groups is 1. The molecule has 158 valence electrons. The van der Waals surface area contributed by atoms with Crippen molar-refractivity contribution in [3.05, 3.63) is 65.3 Å². The molecular weight excluding hydrogens is 418 g/mol. The molecular formula is C22H19N3O5S. The first kappa shape index (κ1) is 20.5. The molecule has 4 rings (SSSR count). The molecule has 0 saturated carbocycles. The predicted octanol–water partition coefficient (Wildman–Crippen LogP) is 2.67. The van der Waals surface area contributed by atoms with Crippen molar-refractivity contribution in [3.8, 4) is 0 Å². The summed E-state index contributed by atoms with van der Waals surface area (Å²) in [5.41, 5.74) is 1.63. The van der Waals surface area contributed by atoms with Gasteiger partial charge in [0.05, 0.1) is 13.7 Å². The molecule has 0 atom stereocenters. The average Bonchev–Trinajstić information content (AvgIpc) is 3.39. The van der Waals surface area contributed by atoms with Crippen LogP contribution in [-0.4, -0.2) is 58.5 Å². The van der Waals surface area contributed by atoms with E-state index in [2.05, 4.69) is 4.74 Å². The van der Waals surface area contributed by atoms with Crippen LogP contribution in [0, 0.1) is 0 Å². The first-order valence-electron chi connectivity index (χ1n) is 9.38. The zero-order valence-corrected chi connectivity index (χ0v) is 17.9. The van der Waals surface area contributed by atoms with E-state index < -0.39 is 17.8 Å². The van der Waals surface area contributed by atoms with Crippen LogP contribution in [-0.2, 0) is 20.9 Å². The van der Waals surface area contributed by atoms with Gasteiger partial charge in [-0.05, 0) is 36.5 Å². The van der Waals surface area contributed by atoms with E-state index in [1.54, 1.807) is 32.3 Å². The largest absolute Gasteiger partial charge is 0.463 e. The number of fused-ring (bicyclic) bond motifs is 1. The summed E-state index contributed by atoms with van der Waals surface area (Å²) in [6, 6.07) is 10.9. The third-order valence-corrected chi connectivity index (χ3v) is 5.69. The van der Waals surface area contributed by atoms with Gasteiger partial charge in [-0.2, -0.15) is 0 Å². The maximum absolute atomic E-state index is 12.7. The highest BCUT2D eigenvalue weighted by atomic mass is 32.1. The smallest absolute Gasteiger partial charge is 0.373 e. The third-order valence-electron chi connectivity index (χ3n) is 5.14. The number of ether oxygens (including phenoxy) is 1. The lowest BCUT2D eigenvalue weighted by Gasteiger charge is -2.31. The van der Waals surface area contributed by atoms with E-state index in [4.69, 9.17) is 16.6 Å². The number of nitrogens with zero attached hydrogens (tertiary/aromatic N) is 3. The molecule has 9 heteroatoms. The number of likely N-dealkylation sites (N-methyl/N-ethyl adjacent to an activating group) is 2. The van der Waals surface area contributed by atoms with Crippen molar-refractivity contribution in [2.75, 3.05) is 21.2 Å². The number of para-hydroxylation sites is 1. The molecule has 8 nitrogen and oxygen atoms in total. The van der Waals surface area contributed by atoms with Crippen LogP contribution in [0.5, 0.6) is 0 Å². The number of rotatable bonds is 4. The minimum atomic E-state index is -0.547. The number of carbonyl (C=O) groups is 3. The van der Waals surface area contributed by atoms with E-state index in [1.165, 1.54) is 16.9 Å². The van der Waals surface area contributed by atoms with Crippen molar-refractivity contribution in [3.63, 3.8) is 0 Å². The molecule has 0 bridgehead atoms. The third kappa shape index (κ3) is 3.53. The van der Waals surface area contributed by atoms with Gasteiger partial charge in [0.2, 0.25) is 5.76 Å². The molecule has 1 aromatic carbocycles. The molecule has 1 aliphatic rings. The molecule has 1 aliphatic heterocycles. The Labute approximate surface area is 183 Å². The Morgan fingerprint density at radius 2 is 1.77 bits per heavy atom. The SMILES string of the molecule is COC(=O)c1ccc(Cn2cc(C=C3C(=O)N(C)C(=S)N(C)C3=O)c3ccccc32)o1. The molecule has 1 saturated heterocycles. The number of benzene rings is 1. The van der Waals surface area contributed by atoms with Gasteiger partial charge in [0.15, 0.2) is 5.11 Å². The van der Waals surface area contributed by atoms with Crippen LogP contribution >= 0.6 is 12.2 Å². The number of esters is 1. The van der Waals surface area contributed by atoms with Crippen molar-refractivity contribution >= 4 is 52.1 Å². The summed E-state index contributed by atoms with van der Waals surface area (Å²) < 4.78 is 12.2. The predicted molar refractivity (Wildman–Crippen MR) is 117 cm³/mol. The molecule has 2 amide bonds. The Morgan fingerprint density at radius 1 is 1.10 bits per heavy atom. The van der Waals surface area contributed by atoms with Gasteiger partial charge in [-0.3, -0.25) is 19.4 Å². The van der Waals surface area contributed by atoms with Crippen molar-refractivity contribution in [2.24, 2.45) is 0 Å². The van der Waals surface area contributed by atoms with Crippen LogP contribution in [0.25, 0.3) is 17.0 Å². The van der Waals surface area contributed by atoms with Crippen molar-refractivity contribution < 1.29 is 23.5 Å². The lowest BCUT2D eigenvalue weighted by molar-refractivity contribution is -0.132. The quantitative estimate of drug-likeness (QED) is 0.270. The zero-order valence-electron chi connectivity index (χ0n) is 17.1. The molecule has 0 N–H and O–H groups in total. The Hall–Kier alpha value is -3.72. The van der Waals surface area contributed by atoms with Crippen LogP contribution in [0.1, 0.15) is 21.9 Å². The van der Waals surface area contributed by atoms with E-state index in [0.29, 0.717) is 17.9 Å². The topological polar surface area (TPSA) is 85.0 Å². The summed E-state index contributed by atoms with van der Waals surface area (Å²) in [4.78, 5) is 39.6. The fourth-order valence-corrected chi connectivity index (χ4v) is 3.66. The summed E-state index contributed by atoms with van der Waals surface area (Å²) in [6.45, 7) is 0.354. The Bertz CT molecular complexity index is 1240. The first-order chi connectivity index (χ1) is 14.8. The maximum Gasteiger partial charge on any atom is 0.373 e. The number of methoxy groups -OCH3 is 1. The lowest BCUT2D eigenvalue weighted by Crippen LogP contribution is -2.52. The van der Waals surface area contributed by atoms with Crippen LogP contribution < -0.4 is 0 Å². The van der Waals surface area contributed by atoms with Crippen LogP contribution in [0.15, 0.2) is 52.6 Å². The van der Waals surface area contributed by atoms with E-state index >= 15 is 0 Å². The number of hydrogen-bond donors (Lipinski definition) is 0. The highest BCUT2D eigenvalue weighted by Crippen LogP contribution is 2.27. The summed E-state index contributed by atoms with van der Waals surface area (Å²) >= 11 is 5.14. The lowest BCUT2D eigenvalue weighted by atomic mass is 10.1. The zero-order chi connectivity index (χ0) is 22.3. The van der Waals surface area contributed by atoms with E-state index in [9.17, 15) is 14.4 Å². The number of amides is 2.